The number of hydrogen-bond acceptors (Lipinski definition) is 4. The van der Waals surface area contributed by atoms with Crippen molar-refractivity contribution < 1.29 is 9.59 Å². The third-order valence-electron chi connectivity index (χ3n) is 7.41. The summed E-state index contributed by atoms with van der Waals surface area (Å²) in [6.45, 7) is 1.32. The van der Waals surface area contributed by atoms with E-state index in [0.717, 1.165) is 36.6 Å². The molecule has 0 radical (unpaired) electrons. The molecule has 5 rings (SSSR count). The number of benzene rings is 1. The van der Waals surface area contributed by atoms with Crippen LogP contribution in [0.25, 0.3) is 21.8 Å². The molecule has 2 aromatic heterocycles. The second-order valence-electron chi connectivity index (χ2n) is 9.75. The molecule has 0 bridgehead atoms. The van der Waals surface area contributed by atoms with Crippen LogP contribution in [0.4, 0.5) is 0 Å². The molecule has 2 saturated carbocycles. The maximum Gasteiger partial charge on any atom is 0.274 e. The lowest BCUT2D eigenvalue weighted by atomic mass is 9.89. The average Bonchev–Trinajstić information content (AvgIpc) is 3.26. The fourth-order valence-electron chi connectivity index (χ4n) is 5.51. The number of carbonyl (C=O) groups excluding carboxylic acids is 2. The van der Waals surface area contributed by atoms with E-state index in [2.05, 4.69) is 25.8 Å². The topological polar surface area (TPSA) is 99.8 Å². The van der Waals surface area contributed by atoms with Gasteiger partial charge in [-0.3, -0.25) is 9.59 Å². The van der Waals surface area contributed by atoms with Gasteiger partial charge in [-0.25, -0.2) is 0 Å². The van der Waals surface area contributed by atoms with Gasteiger partial charge in [-0.2, -0.15) is 0 Å². The highest BCUT2D eigenvalue weighted by molar-refractivity contribution is 6.20. The van der Waals surface area contributed by atoms with Crippen LogP contribution in [0, 0.1) is 11.8 Å². The van der Waals surface area contributed by atoms with Crippen molar-refractivity contribution >= 4 is 33.6 Å². The van der Waals surface area contributed by atoms with Gasteiger partial charge < -0.3 is 15.6 Å². The van der Waals surface area contributed by atoms with Crippen LogP contribution in [-0.2, 0) is 0 Å². The van der Waals surface area contributed by atoms with Crippen molar-refractivity contribution in [1.29, 1.82) is 0 Å². The number of amides is 2. The molecule has 3 aromatic rings. The predicted octanol–water partition coefficient (Wildman–Crippen LogP) is 4.73. The summed E-state index contributed by atoms with van der Waals surface area (Å²) in [5.74, 6) is 0.591. The molecular weight excluding hydrogens is 414 g/mol. The van der Waals surface area contributed by atoms with Crippen molar-refractivity contribution in [2.45, 2.75) is 64.2 Å². The molecule has 2 aliphatic rings. The lowest BCUT2D eigenvalue weighted by Gasteiger charge is -2.22. The minimum Gasteiger partial charge on any atom is -0.352 e. The maximum atomic E-state index is 13.1. The molecule has 2 fully saturated rings. The third kappa shape index (κ3) is 4.72. The van der Waals surface area contributed by atoms with Crippen LogP contribution in [-0.4, -0.2) is 40.1 Å². The van der Waals surface area contributed by atoms with Gasteiger partial charge in [-0.1, -0.05) is 56.7 Å². The van der Waals surface area contributed by atoms with Gasteiger partial charge in [0.05, 0.1) is 5.52 Å². The Balaban J connectivity index is 1.41. The number of aromatic nitrogens is 3. The third-order valence-corrected chi connectivity index (χ3v) is 7.41. The van der Waals surface area contributed by atoms with Crippen LogP contribution in [0.3, 0.4) is 0 Å². The molecule has 33 heavy (non-hydrogen) atoms. The van der Waals surface area contributed by atoms with E-state index in [1.54, 1.807) is 0 Å². The standard InChI is InChI=1S/C26H33N5O2/c32-25(27-15-17-9-3-1-4-10-17)23-21-19-13-7-8-14-20(19)29-22(21)24(31-30-23)26(33)28-16-18-11-5-2-6-12-18/h7-8,13-14,17-18,29H,1-6,9-12,15-16H2,(H,27,32)(H,28,33). The van der Waals surface area contributed by atoms with Gasteiger partial charge in [0.25, 0.3) is 11.8 Å². The Morgan fingerprint density at radius 1 is 0.788 bits per heavy atom. The molecule has 7 nitrogen and oxygen atoms in total. The quantitative estimate of drug-likeness (QED) is 0.508. The minimum absolute atomic E-state index is 0.225. The summed E-state index contributed by atoms with van der Waals surface area (Å²) in [6.07, 6.45) is 12.2. The Bertz CT molecular complexity index is 1140. The molecule has 0 atom stereocenters. The van der Waals surface area contributed by atoms with Crippen LogP contribution >= 0.6 is 0 Å². The van der Waals surface area contributed by atoms with Gasteiger partial charge in [0.2, 0.25) is 0 Å². The van der Waals surface area contributed by atoms with E-state index in [1.165, 1.54) is 38.5 Å². The summed E-state index contributed by atoms with van der Waals surface area (Å²) in [5.41, 5.74) is 1.98. The van der Waals surface area contributed by atoms with Crippen LogP contribution in [0.2, 0.25) is 0 Å². The molecule has 2 aliphatic carbocycles. The molecular formula is C26H33N5O2. The van der Waals surface area contributed by atoms with Gasteiger partial charge in [-0.15, -0.1) is 10.2 Å². The number of carbonyl (C=O) groups is 2. The fourth-order valence-corrected chi connectivity index (χ4v) is 5.51. The molecule has 174 valence electrons. The second kappa shape index (κ2) is 9.89. The van der Waals surface area contributed by atoms with Crippen molar-refractivity contribution in [3.8, 4) is 0 Å². The van der Waals surface area contributed by atoms with Gasteiger partial charge in [-0.05, 0) is 43.6 Å². The first-order valence-corrected chi connectivity index (χ1v) is 12.5. The largest absolute Gasteiger partial charge is 0.352 e. The highest BCUT2D eigenvalue weighted by Gasteiger charge is 2.24. The summed E-state index contributed by atoms with van der Waals surface area (Å²) in [7, 11) is 0. The number of H-pyrrole nitrogens is 1. The Hall–Kier alpha value is -2.96. The lowest BCUT2D eigenvalue weighted by molar-refractivity contribution is 0.0924. The van der Waals surface area contributed by atoms with Crippen LogP contribution in [0.1, 0.15) is 85.2 Å². The normalized spacial score (nSPS) is 17.9. The van der Waals surface area contributed by atoms with Crippen LogP contribution < -0.4 is 10.6 Å². The molecule has 2 heterocycles. The molecule has 3 N–H and O–H groups in total. The molecule has 7 heteroatoms. The van der Waals surface area contributed by atoms with Gasteiger partial charge >= 0.3 is 0 Å². The zero-order chi connectivity index (χ0) is 22.6. The van der Waals surface area contributed by atoms with E-state index in [1.807, 2.05) is 24.3 Å². The summed E-state index contributed by atoms with van der Waals surface area (Å²) >= 11 is 0. The SMILES string of the molecule is O=C(NCC1CCCCC1)c1nnc(C(=O)NCC2CCCCC2)c2c1[nH]c1ccccc12. The first-order chi connectivity index (χ1) is 16.2. The zero-order valence-electron chi connectivity index (χ0n) is 19.2. The van der Waals surface area contributed by atoms with Gasteiger partial charge in [0.1, 0.15) is 0 Å². The van der Waals surface area contributed by atoms with Crippen molar-refractivity contribution in [2.24, 2.45) is 11.8 Å². The monoisotopic (exact) mass is 447 g/mol. The summed E-state index contributed by atoms with van der Waals surface area (Å²) in [4.78, 5) is 29.5. The van der Waals surface area contributed by atoms with Crippen molar-refractivity contribution in [1.82, 2.24) is 25.8 Å². The fraction of sp³-hybridized carbons (Fsp3) is 0.538. The van der Waals surface area contributed by atoms with Gasteiger partial charge in [0, 0.05) is 29.4 Å². The van der Waals surface area contributed by atoms with Crippen molar-refractivity contribution in [3.05, 3.63) is 35.7 Å². The summed E-state index contributed by atoms with van der Waals surface area (Å²) < 4.78 is 0. The Morgan fingerprint density at radius 3 is 1.97 bits per heavy atom. The van der Waals surface area contributed by atoms with Gasteiger partial charge in [0.15, 0.2) is 11.4 Å². The van der Waals surface area contributed by atoms with E-state index in [4.69, 9.17) is 0 Å². The predicted molar refractivity (Wildman–Crippen MR) is 129 cm³/mol. The van der Waals surface area contributed by atoms with E-state index in [0.29, 0.717) is 35.8 Å². The van der Waals surface area contributed by atoms with Crippen molar-refractivity contribution in [3.63, 3.8) is 0 Å². The van der Waals surface area contributed by atoms with E-state index in [9.17, 15) is 9.59 Å². The lowest BCUT2D eigenvalue weighted by Crippen LogP contribution is -2.33. The highest BCUT2D eigenvalue weighted by Crippen LogP contribution is 2.29. The first-order valence-electron chi connectivity index (χ1n) is 12.5. The van der Waals surface area contributed by atoms with Crippen molar-refractivity contribution in [2.75, 3.05) is 13.1 Å². The molecule has 0 unspecified atom stereocenters. The Labute approximate surface area is 194 Å². The van der Waals surface area contributed by atoms with Crippen LogP contribution in [0.15, 0.2) is 24.3 Å². The maximum absolute atomic E-state index is 13.1. The molecule has 0 saturated heterocycles. The number of rotatable bonds is 6. The molecule has 0 spiro atoms. The first kappa shape index (κ1) is 21.9. The zero-order valence-corrected chi connectivity index (χ0v) is 19.2. The minimum atomic E-state index is -0.237. The van der Waals surface area contributed by atoms with E-state index >= 15 is 0 Å². The highest BCUT2D eigenvalue weighted by atomic mass is 16.2. The number of para-hydroxylation sites is 1. The number of fused-ring (bicyclic) bond motifs is 3. The Kier molecular flexibility index (Phi) is 6.55. The molecule has 0 aliphatic heterocycles. The molecule has 2 amide bonds. The average molecular weight is 448 g/mol. The number of aromatic amines is 1. The number of nitrogens with one attached hydrogen (secondary N) is 3. The number of hydrogen-bond donors (Lipinski definition) is 3. The Morgan fingerprint density at radius 2 is 1.33 bits per heavy atom. The van der Waals surface area contributed by atoms with E-state index < -0.39 is 0 Å². The summed E-state index contributed by atoms with van der Waals surface area (Å²) in [6, 6.07) is 7.77. The molecule has 1 aromatic carbocycles. The second-order valence-corrected chi connectivity index (χ2v) is 9.75. The number of nitrogens with zero attached hydrogens (tertiary/aromatic N) is 2. The van der Waals surface area contributed by atoms with Crippen LogP contribution in [0.5, 0.6) is 0 Å². The smallest absolute Gasteiger partial charge is 0.274 e. The summed E-state index contributed by atoms with van der Waals surface area (Å²) in [5, 5.41) is 16.2. The van der Waals surface area contributed by atoms with E-state index in [-0.39, 0.29) is 23.2 Å².